The molecule has 3 aromatic rings. The van der Waals surface area contributed by atoms with Crippen LogP contribution in [0.3, 0.4) is 0 Å². The Hall–Kier alpha value is -3.34. The van der Waals surface area contributed by atoms with Gasteiger partial charge >= 0.3 is 6.18 Å². The summed E-state index contributed by atoms with van der Waals surface area (Å²) in [5.41, 5.74) is 3.80. The maximum absolute atomic E-state index is 13.5. The zero-order chi connectivity index (χ0) is 20.6. The molecule has 0 aliphatic carbocycles. The maximum Gasteiger partial charge on any atom is 0.420 e. The number of amides is 2. The number of halogens is 3. The Morgan fingerprint density at radius 1 is 1.32 bits per heavy atom. The fourth-order valence-electron chi connectivity index (χ4n) is 2.65. The number of carbonyl (C=O) groups excluding carboxylic acids is 2. The first-order valence-corrected chi connectivity index (χ1v) is 7.98. The largest absolute Gasteiger partial charge is 0.472 e. The molecule has 2 unspecified atom stereocenters. The first kappa shape index (κ1) is 19.4. The number of nitrogens with zero attached hydrogens (tertiary/aromatic N) is 2. The van der Waals surface area contributed by atoms with Crippen LogP contribution in [0.5, 0.6) is 0 Å². The number of hydrogen-bond acceptors (Lipinski definition) is 5. The van der Waals surface area contributed by atoms with Crippen LogP contribution in [0, 0.1) is 0 Å². The SMILES string of the molecule is CC(O)C(NC(=O)c1cn2cc(-c3ccoc3)cc(C(F)(F)F)c2n1)C(N)=O. The molecule has 3 rings (SSSR count). The van der Waals surface area contributed by atoms with E-state index in [9.17, 15) is 27.9 Å². The molecule has 2 amide bonds. The molecule has 8 nitrogen and oxygen atoms in total. The second kappa shape index (κ2) is 7.00. The molecular weight excluding hydrogens is 381 g/mol. The monoisotopic (exact) mass is 396 g/mol. The van der Waals surface area contributed by atoms with Crippen molar-refractivity contribution in [1.82, 2.24) is 14.7 Å². The van der Waals surface area contributed by atoms with Crippen molar-refractivity contribution in [3.05, 3.63) is 48.3 Å². The summed E-state index contributed by atoms with van der Waals surface area (Å²) >= 11 is 0. The third kappa shape index (κ3) is 3.69. The van der Waals surface area contributed by atoms with Gasteiger partial charge in [-0.1, -0.05) is 0 Å². The van der Waals surface area contributed by atoms with Gasteiger partial charge in [0, 0.05) is 23.5 Å². The number of nitrogens with two attached hydrogens (primary N) is 1. The minimum Gasteiger partial charge on any atom is -0.472 e. The van der Waals surface area contributed by atoms with Crippen LogP contribution in [0.1, 0.15) is 23.0 Å². The van der Waals surface area contributed by atoms with Gasteiger partial charge < -0.3 is 25.0 Å². The van der Waals surface area contributed by atoms with Gasteiger partial charge in [-0.25, -0.2) is 4.98 Å². The maximum atomic E-state index is 13.5. The highest BCUT2D eigenvalue weighted by atomic mass is 19.4. The standard InChI is InChI=1S/C17H15F3N4O4/c1-8(25)13(14(21)26)23-16(27)12-6-24-5-10(9-2-3-28-7-9)4-11(15(24)22-12)17(18,19)20/h2-8,13,25H,1H3,(H2,21,26)(H,23,27). The van der Waals surface area contributed by atoms with Crippen molar-refractivity contribution >= 4 is 17.5 Å². The molecule has 0 aliphatic rings. The average Bonchev–Trinajstić information content (AvgIpc) is 3.25. The minimum absolute atomic E-state index is 0.205. The van der Waals surface area contributed by atoms with Gasteiger partial charge in [0.1, 0.15) is 17.4 Å². The van der Waals surface area contributed by atoms with Crippen LogP contribution in [0.25, 0.3) is 16.8 Å². The number of imidazole rings is 1. The van der Waals surface area contributed by atoms with E-state index in [0.29, 0.717) is 5.56 Å². The molecular formula is C17H15F3N4O4. The van der Waals surface area contributed by atoms with E-state index in [1.54, 1.807) is 0 Å². The summed E-state index contributed by atoms with van der Waals surface area (Å²) < 4.78 is 46.5. The van der Waals surface area contributed by atoms with E-state index in [2.05, 4.69) is 10.3 Å². The first-order valence-electron chi connectivity index (χ1n) is 7.98. The lowest BCUT2D eigenvalue weighted by atomic mass is 10.1. The van der Waals surface area contributed by atoms with Crippen LogP contribution in [-0.4, -0.2) is 38.5 Å². The topological polar surface area (TPSA) is 123 Å². The second-order valence-corrected chi connectivity index (χ2v) is 6.10. The Morgan fingerprint density at radius 2 is 2.04 bits per heavy atom. The molecule has 0 saturated carbocycles. The Bertz CT molecular complexity index is 1030. The molecule has 4 N–H and O–H groups in total. The zero-order valence-electron chi connectivity index (χ0n) is 14.4. The summed E-state index contributed by atoms with van der Waals surface area (Å²) in [6.45, 7) is 1.23. The Morgan fingerprint density at radius 3 is 2.57 bits per heavy atom. The van der Waals surface area contributed by atoms with E-state index in [4.69, 9.17) is 10.2 Å². The van der Waals surface area contributed by atoms with Crippen LogP contribution >= 0.6 is 0 Å². The number of hydrogen-bond donors (Lipinski definition) is 3. The van der Waals surface area contributed by atoms with E-state index in [1.807, 2.05) is 0 Å². The number of aromatic nitrogens is 2. The number of carbonyl (C=O) groups is 2. The van der Waals surface area contributed by atoms with Gasteiger partial charge in [-0.2, -0.15) is 13.2 Å². The number of furan rings is 1. The molecule has 28 heavy (non-hydrogen) atoms. The summed E-state index contributed by atoms with van der Waals surface area (Å²) in [5, 5.41) is 11.7. The highest BCUT2D eigenvalue weighted by molar-refractivity contribution is 5.96. The third-order valence-corrected chi connectivity index (χ3v) is 4.02. The van der Waals surface area contributed by atoms with E-state index in [1.165, 1.54) is 31.7 Å². The molecule has 0 aromatic carbocycles. The molecule has 0 spiro atoms. The molecule has 0 fully saturated rings. The Balaban J connectivity index is 2.07. The number of rotatable bonds is 5. The van der Waals surface area contributed by atoms with E-state index in [-0.39, 0.29) is 11.3 Å². The molecule has 3 aromatic heterocycles. The van der Waals surface area contributed by atoms with Gasteiger partial charge in [-0.15, -0.1) is 0 Å². The Labute approximate surface area is 155 Å². The lowest BCUT2D eigenvalue weighted by Gasteiger charge is -2.17. The molecule has 148 valence electrons. The van der Waals surface area contributed by atoms with Crippen molar-refractivity contribution in [2.45, 2.75) is 25.2 Å². The molecule has 3 heterocycles. The van der Waals surface area contributed by atoms with Gasteiger partial charge in [-0.3, -0.25) is 9.59 Å². The lowest BCUT2D eigenvalue weighted by molar-refractivity contribution is -0.136. The molecule has 11 heteroatoms. The minimum atomic E-state index is -4.73. The molecule has 0 radical (unpaired) electrons. The van der Waals surface area contributed by atoms with Crippen LogP contribution < -0.4 is 11.1 Å². The summed E-state index contributed by atoms with van der Waals surface area (Å²) in [4.78, 5) is 27.4. The number of fused-ring (bicyclic) bond motifs is 1. The normalized spacial score (nSPS) is 14.0. The average molecular weight is 396 g/mol. The van der Waals surface area contributed by atoms with Gasteiger partial charge in [0.05, 0.1) is 24.2 Å². The smallest absolute Gasteiger partial charge is 0.420 e. The number of primary amides is 1. The summed E-state index contributed by atoms with van der Waals surface area (Å²) in [6.07, 6.45) is -0.971. The summed E-state index contributed by atoms with van der Waals surface area (Å²) in [6, 6.07) is 0.976. The van der Waals surface area contributed by atoms with Gasteiger partial charge in [-0.05, 0) is 19.1 Å². The predicted molar refractivity (Wildman–Crippen MR) is 90.0 cm³/mol. The van der Waals surface area contributed by atoms with E-state index >= 15 is 0 Å². The Kier molecular flexibility index (Phi) is 4.86. The van der Waals surface area contributed by atoms with E-state index in [0.717, 1.165) is 16.7 Å². The van der Waals surface area contributed by atoms with Crippen molar-refractivity contribution in [3.8, 4) is 11.1 Å². The van der Waals surface area contributed by atoms with Crippen molar-refractivity contribution in [3.63, 3.8) is 0 Å². The third-order valence-electron chi connectivity index (χ3n) is 4.02. The van der Waals surface area contributed by atoms with Gasteiger partial charge in [0.2, 0.25) is 5.91 Å². The van der Waals surface area contributed by atoms with Crippen molar-refractivity contribution < 1.29 is 32.3 Å². The number of nitrogens with one attached hydrogen (secondary N) is 1. The van der Waals surface area contributed by atoms with Gasteiger partial charge in [0.15, 0.2) is 0 Å². The highest BCUT2D eigenvalue weighted by Gasteiger charge is 2.35. The molecule has 0 aliphatic heterocycles. The van der Waals surface area contributed by atoms with Crippen LogP contribution in [0.2, 0.25) is 0 Å². The van der Waals surface area contributed by atoms with Crippen molar-refractivity contribution in [2.75, 3.05) is 0 Å². The van der Waals surface area contributed by atoms with Gasteiger partial charge in [0.25, 0.3) is 5.91 Å². The lowest BCUT2D eigenvalue weighted by Crippen LogP contribution is -2.50. The molecule has 0 saturated heterocycles. The summed E-state index contributed by atoms with van der Waals surface area (Å²) in [5.74, 6) is -1.95. The van der Waals surface area contributed by atoms with Crippen molar-refractivity contribution in [2.24, 2.45) is 5.73 Å². The van der Waals surface area contributed by atoms with Crippen molar-refractivity contribution in [1.29, 1.82) is 0 Å². The number of pyridine rings is 1. The van der Waals surface area contributed by atoms with Crippen LogP contribution in [-0.2, 0) is 11.0 Å². The second-order valence-electron chi connectivity index (χ2n) is 6.10. The summed E-state index contributed by atoms with van der Waals surface area (Å²) in [7, 11) is 0. The van der Waals surface area contributed by atoms with Crippen LogP contribution in [0.15, 0.2) is 41.5 Å². The number of alkyl halides is 3. The number of aliphatic hydroxyl groups is 1. The first-order chi connectivity index (χ1) is 13.1. The van der Waals surface area contributed by atoms with Crippen LogP contribution in [0.4, 0.5) is 13.2 Å². The zero-order valence-corrected chi connectivity index (χ0v) is 14.4. The molecule has 0 bridgehead atoms. The molecule has 2 atom stereocenters. The van der Waals surface area contributed by atoms with E-state index < -0.39 is 41.3 Å². The predicted octanol–water partition coefficient (Wildman–Crippen LogP) is 1.58. The quantitative estimate of drug-likeness (QED) is 0.604. The highest BCUT2D eigenvalue weighted by Crippen LogP contribution is 2.35. The number of aliphatic hydroxyl groups excluding tert-OH is 1. The fourth-order valence-corrected chi connectivity index (χ4v) is 2.65. The fraction of sp³-hybridized carbons (Fsp3) is 0.235.